The number of esters is 1. The van der Waals surface area contributed by atoms with Crippen LogP contribution in [0.1, 0.15) is 17.3 Å². The molecule has 25 heavy (non-hydrogen) atoms. The highest BCUT2D eigenvalue weighted by Crippen LogP contribution is 2.16. The van der Waals surface area contributed by atoms with Gasteiger partial charge in [-0.05, 0) is 48.5 Å². The zero-order valence-corrected chi connectivity index (χ0v) is 13.9. The highest BCUT2D eigenvalue weighted by Gasteiger charge is 2.07. The Morgan fingerprint density at radius 3 is 2.00 bits per heavy atom. The predicted molar refractivity (Wildman–Crippen MR) is 92.7 cm³/mol. The molecule has 2 aromatic rings. The van der Waals surface area contributed by atoms with Crippen LogP contribution in [0, 0.1) is 0 Å². The van der Waals surface area contributed by atoms with Crippen LogP contribution in [0.2, 0.25) is 0 Å². The minimum atomic E-state index is -0.441. The van der Waals surface area contributed by atoms with Crippen molar-refractivity contribution in [1.82, 2.24) is 0 Å². The predicted octanol–water partition coefficient (Wildman–Crippen LogP) is 2.45. The summed E-state index contributed by atoms with van der Waals surface area (Å²) in [5, 5.41) is 5.30. The van der Waals surface area contributed by atoms with Crippen LogP contribution in [0.5, 0.6) is 5.75 Å². The minimum absolute atomic E-state index is 0.161. The van der Waals surface area contributed by atoms with Crippen LogP contribution in [0.3, 0.4) is 0 Å². The minimum Gasteiger partial charge on any atom is -0.484 e. The van der Waals surface area contributed by atoms with Crippen molar-refractivity contribution in [1.29, 1.82) is 0 Å². The van der Waals surface area contributed by atoms with Gasteiger partial charge in [-0.25, -0.2) is 4.79 Å². The van der Waals surface area contributed by atoms with Gasteiger partial charge in [-0.1, -0.05) is 0 Å². The zero-order valence-electron chi connectivity index (χ0n) is 13.9. The quantitative estimate of drug-likeness (QED) is 0.787. The van der Waals surface area contributed by atoms with Gasteiger partial charge in [0.15, 0.2) is 6.61 Å². The van der Waals surface area contributed by atoms with Crippen molar-refractivity contribution in [3.05, 3.63) is 54.1 Å². The van der Waals surface area contributed by atoms with Crippen LogP contribution >= 0.6 is 0 Å². The normalized spacial score (nSPS) is 9.84. The Morgan fingerprint density at radius 2 is 1.44 bits per heavy atom. The molecule has 2 amide bonds. The van der Waals surface area contributed by atoms with E-state index in [9.17, 15) is 14.4 Å². The van der Waals surface area contributed by atoms with E-state index < -0.39 is 5.97 Å². The Balaban J connectivity index is 1.84. The molecular weight excluding hydrogens is 324 g/mol. The van der Waals surface area contributed by atoms with E-state index in [1.807, 2.05) is 0 Å². The van der Waals surface area contributed by atoms with Crippen LogP contribution in [0.4, 0.5) is 11.4 Å². The SMILES string of the molecule is COC(=O)c1ccc(NC(=O)COc2ccc(NC(C)=O)cc2)cc1. The van der Waals surface area contributed by atoms with Gasteiger partial charge in [0.05, 0.1) is 12.7 Å². The number of hydrogen-bond donors (Lipinski definition) is 2. The molecule has 0 atom stereocenters. The first-order chi connectivity index (χ1) is 12.0. The molecule has 2 aromatic carbocycles. The number of methoxy groups -OCH3 is 1. The Hall–Kier alpha value is -3.35. The van der Waals surface area contributed by atoms with Crippen LogP contribution in [0.15, 0.2) is 48.5 Å². The van der Waals surface area contributed by atoms with Crippen LogP contribution in [-0.4, -0.2) is 31.5 Å². The summed E-state index contributed by atoms with van der Waals surface area (Å²) in [6.07, 6.45) is 0. The van der Waals surface area contributed by atoms with Gasteiger partial charge in [0.1, 0.15) is 5.75 Å². The molecule has 7 nitrogen and oxygen atoms in total. The van der Waals surface area contributed by atoms with E-state index in [-0.39, 0.29) is 18.4 Å². The largest absolute Gasteiger partial charge is 0.484 e. The molecule has 0 bridgehead atoms. The topological polar surface area (TPSA) is 93.7 Å². The smallest absolute Gasteiger partial charge is 0.337 e. The van der Waals surface area contributed by atoms with Gasteiger partial charge in [-0.2, -0.15) is 0 Å². The molecule has 0 aliphatic carbocycles. The number of carbonyl (C=O) groups excluding carboxylic acids is 3. The average molecular weight is 342 g/mol. The molecule has 0 heterocycles. The molecule has 0 spiro atoms. The van der Waals surface area contributed by atoms with Crippen molar-refractivity contribution in [3.63, 3.8) is 0 Å². The van der Waals surface area contributed by atoms with Gasteiger partial charge < -0.3 is 20.1 Å². The van der Waals surface area contributed by atoms with Crippen LogP contribution in [0.25, 0.3) is 0 Å². The zero-order chi connectivity index (χ0) is 18.2. The Kier molecular flexibility index (Phi) is 6.11. The summed E-state index contributed by atoms with van der Waals surface area (Å²) in [7, 11) is 1.30. The first kappa shape index (κ1) is 18.0. The molecule has 0 saturated heterocycles. The number of anilines is 2. The molecule has 7 heteroatoms. The molecule has 130 valence electrons. The first-order valence-corrected chi connectivity index (χ1v) is 7.46. The summed E-state index contributed by atoms with van der Waals surface area (Å²) in [4.78, 5) is 34.2. The summed E-state index contributed by atoms with van der Waals surface area (Å²) < 4.78 is 9.99. The fourth-order valence-corrected chi connectivity index (χ4v) is 1.99. The van der Waals surface area contributed by atoms with Gasteiger partial charge in [0.25, 0.3) is 5.91 Å². The first-order valence-electron chi connectivity index (χ1n) is 7.46. The maximum absolute atomic E-state index is 11.9. The van der Waals surface area contributed by atoms with E-state index >= 15 is 0 Å². The van der Waals surface area contributed by atoms with E-state index in [1.165, 1.54) is 14.0 Å². The second-order valence-corrected chi connectivity index (χ2v) is 5.11. The van der Waals surface area contributed by atoms with Crippen molar-refractivity contribution >= 4 is 29.2 Å². The van der Waals surface area contributed by atoms with E-state index in [0.717, 1.165) is 0 Å². The lowest BCUT2D eigenvalue weighted by Gasteiger charge is -2.09. The van der Waals surface area contributed by atoms with Crippen molar-refractivity contribution in [2.75, 3.05) is 24.4 Å². The van der Waals surface area contributed by atoms with E-state index in [4.69, 9.17) is 4.74 Å². The number of carbonyl (C=O) groups is 3. The van der Waals surface area contributed by atoms with Gasteiger partial charge in [-0.3, -0.25) is 9.59 Å². The van der Waals surface area contributed by atoms with E-state index in [0.29, 0.717) is 22.7 Å². The summed E-state index contributed by atoms with van der Waals surface area (Å²) in [6.45, 7) is 1.25. The molecular formula is C18H18N2O5. The Labute approximate surface area is 144 Å². The third-order valence-corrected chi connectivity index (χ3v) is 3.13. The molecule has 0 aromatic heterocycles. The highest BCUT2D eigenvalue weighted by molar-refractivity contribution is 5.93. The number of rotatable bonds is 6. The molecule has 0 aliphatic heterocycles. The van der Waals surface area contributed by atoms with E-state index in [2.05, 4.69) is 15.4 Å². The van der Waals surface area contributed by atoms with Gasteiger partial charge in [0, 0.05) is 18.3 Å². The lowest BCUT2D eigenvalue weighted by atomic mass is 10.2. The number of hydrogen-bond acceptors (Lipinski definition) is 5. The molecule has 0 radical (unpaired) electrons. The fourth-order valence-electron chi connectivity index (χ4n) is 1.99. The third kappa shape index (κ3) is 5.65. The Morgan fingerprint density at radius 1 is 0.880 bits per heavy atom. The number of benzene rings is 2. The highest BCUT2D eigenvalue weighted by atomic mass is 16.5. The number of nitrogens with one attached hydrogen (secondary N) is 2. The average Bonchev–Trinajstić information content (AvgIpc) is 2.60. The lowest BCUT2D eigenvalue weighted by molar-refractivity contribution is -0.118. The maximum Gasteiger partial charge on any atom is 0.337 e. The van der Waals surface area contributed by atoms with E-state index in [1.54, 1.807) is 48.5 Å². The summed E-state index contributed by atoms with van der Waals surface area (Å²) >= 11 is 0. The summed E-state index contributed by atoms with van der Waals surface area (Å²) in [6, 6.07) is 13.0. The maximum atomic E-state index is 11.9. The second kappa shape index (κ2) is 8.49. The monoisotopic (exact) mass is 342 g/mol. The van der Waals surface area contributed by atoms with Gasteiger partial charge in [0.2, 0.25) is 5.91 Å². The number of amides is 2. The van der Waals surface area contributed by atoms with Crippen molar-refractivity contribution in [3.8, 4) is 5.75 Å². The van der Waals surface area contributed by atoms with Crippen LogP contribution in [-0.2, 0) is 14.3 Å². The molecule has 0 saturated carbocycles. The van der Waals surface area contributed by atoms with Crippen molar-refractivity contribution in [2.24, 2.45) is 0 Å². The fraction of sp³-hybridized carbons (Fsp3) is 0.167. The Bertz CT molecular complexity index is 754. The van der Waals surface area contributed by atoms with Gasteiger partial charge in [-0.15, -0.1) is 0 Å². The molecule has 2 rings (SSSR count). The molecule has 0 aliphatic rings. The summed E-state index contributed by atoms with van der Waals surface area (Å²) in [5.41, 5.74) is 1.59. The molecule has 2 N–H and O–H groups in total. The third-order valence-electron chi connectivity index (χ3n) is 3.13. The number of ether oxygens (including phenoxy) is 2. The van der Waals surface area contributed by atoms with Crippen molar-refractivity contribution < 1.29 is 23.9 Å². The standard InChI is InChI=1S/C18H18N2O5/c1-12(21)19-14-7-9-16(10-8-14)25-11-17(22)20-15-5-3-13(4-6-15)18(23)24-2/h3-10H,11H2,1-2H3,(H,19,21)(H,20,22). The summed E-state index contributed by atoms with van der Waals surface area (Å²) in [5.74, 6) is -0.433. The molecule has 0 fully saturated rings. The van der Waals surface area contributed by atoms with Crippen LogP contribution < -0.4 is 15.4 Å². The van der Waals surface area contributed by atoms with Gasteiger partial charge >= 0.3 is 5.97 Å². The van der Waals surface area contributed by atoms with Crippen molar-refractivity contribution in [2.45, 2.75) is 6.92 Å². The second-order valence-electron chi connectivity index (χ2n) is 5.11. The molecule has 0 unspecified atom stereocenters. The lowest BCUT2D eigenvalue weighted by Crippen LogP contribution is -2.20.